The van der Waals surface area contributed by atoms with E-state index < -0.39 is 0 Å². The molecule has 0 bridgehead atoms. The minimum atomic E-state index is -0.381. The molecule has 2 amide bonds. The van der Waals surface area contributed by atoms with Gasteiger partial charge in [-0.1, -0.05) is 35.0 Å². The Labute approximate surface area is 152 Å². The Bertz CT molecular complexity index is 644. The lowest BCUT2D eigenvalue weighted by atomic mass is 10.2. The molecule has 0 unspecified atom stereocenters. The van der Waals surface area contributed by atoms with Crippen LogP contribution in [0.5, 0.6) is 0 Å². The number of nitrogens with zero attached hydrogens (tertiary/aromatic N) is 1. The first kappa shape index (κ1) is 18.2. The van der Waals surface area contributed by atoms with E-state index in [0.717, 1.165) is 44.6 Å². The fraction of sp³-hybridized carbons (Fsp3) is 0.438. The molecule has 0 atom stereocenters. The molecule has 1 aliphatic carbocycles. The van der Waals surface area contributed by atoms with Crippen LogP contribution in [0.25, 0.3) is 0 Å². The second-order valence-corrected chi connectivity index (χ2v) is 6.44. The van der Waals surface area contributed by atoms with Gasteiger partial charge in [-0.3, -0.25) is 0 Å². The topological polar surface area (TPSA) is 44.4 Å². The van der Waals surface area contributed by atoms with Crippen molar-refractivity contribution in [1.29, 1.82) is 0 Å². The van der Waals surface area contributed by atoms with Crippen LogP contribution in [-0.2, 0) is 0 Å². The van der Waals surface area contributed by atoms with Crippen molar-refractivity contribution < 1.29 is 4.79 Å². The number of amides is 2. The maximum absolute atomic E-state index is 12.2. The fourth-order valence-corrected chi connectivity index (χ4v) is 2.62. The van der Waals surface area contributed by atoms with Crippen molar-refractivity contribution in [2.45, 2.75) is 18.4 Å². The van der Waals surface area contributed by atoms with E-state index >= 15 is 0 Å². The van der Waals surface area contributed by atoms with Crippen LogP contribution in [0.2, 0.25) is 10.0 Å². The highest BCUT2D eigenvalue weighted by molar-refractivity contribution is 6.42. The van der Waals surface area contributed by atoms with E-state index in [1.165, 1.54) is 0 Å². The van der Waals surface area contributed by atoms with Crippen LogP contribution in [0.15, 0.2) is 18.2 Å². The van der Waals surface area contributed by atoms with Crippen LogP contribution in [0.1, 0.15) is 18.4 Å². The van der Waals surface area contributed by atoms with Gasteiger partial charge >= 0.3 is 6.03 Å². The van der Waals surface area contributed by atoms with Crippen molar-refractivity contribution in [3.63, 3.8) is 0 Å². The van der Waals surface area contributed by atoms with Crippen molar-refractivity contribution in [3.05, 3.63) is 33.8 Å². The monoisotopic (exact) mass is 373 g/mol. The third kappa shape index (κ3) is 4.68. The average Bonchev–Trinajstić information content (AvgIpc) is 3.29. The van der Waals surface area contributed by atoms with E-state index in [-0.39, 0.29) is 24.0 Å². The van der Waals surface area contributed by atoms with Crippen LogP contribution >= 0.6 is 35.6 Å². The van der Waals surface area contributed by atoms with Crippen LogP contribution in [0, 0.1) is 11.8 Å². The predicted molar refractivity (Wildman–Crippen MR) is 95.5 cm³/mol. The molecule has 0 aromatic heterocycles. The molecule has 2 N–H and O–H groups in total. The van der Waals surface area contributed by atoms with E-state index in [4.69, 9.17) is 23.2 Å². The van der Waals surface area contributed by atoms with Gasteiger partial charge in [-0.05, 0) is 31.0 Å². The van der Waals surface area contributed by atoms with Crippen LogP contribution < -0.4 is 10.6 Å². The number of carbonyl (C=O) groups is 1. The number of benzene rings is 1. The Morgan fingerprint density at radius 2 is 1.91 bits per heavy atom. The fourth-order valence-electron chi connectivity index (χ4n) is 2.32. The van der Waals surface area contributed by atoms with Crippen LogP contribution in [-0.4, -0.2) is 42.6 Å². The summed E-state index contributed by atoms with van der Waals surface area (Å²) < 4.78 is 0. The first-order valence-corrected chi connectivity index (χ1v) is 8.10. The Balaban J connectivity index is 0.00000192. The van der Waals surface area contributed by atoms with Gasteiger partial charge < -0.3 is 15.5 Å². The minimum Gasteiger partial charge on any atom is -0.322 e. The third-order valence-electron chi connectivity index (χ3n) is 3.87. The molecule has 124 valence electrons. The van der Waals surface area contributed by atoms with Gasteiger partial charge in [0.05, 0.1) is 10.0 Å². The molecule has 23 heavy (non-hydrogen) atoms. The Kier molecular flexibility index (Phi) is 6.05. The molecule has 1 saturated carbocycles. The van der Waals surface area contributed by atoms with Gasteiger partial charge in [-0.25, -0.2) is 4.79 Å². The Morgan fingerprint density at radius 3 is 2.52 bits per heavy atom. The van der Waals surface area contributed by atoms with E-state index in [2.05, 4.69) is 22.5 Å². The number of hydrogen-bond acceptors (Lipinski definition) is 2. The van der Waals surface area contributed by atoms with Crippen molar-refractivity contribution >= 4 is 41.6 Å². The van der Waals surface area contributed by atoms with E-state index in [0.29, 0.717) is 10.0 Å². The Morgan fingerprint density at radius 1 is 1.22 bits per heavy atom. The highest BCUT2D eigenvalue weighted by Gasteiger charge is 2.43. The molecular formula is C16H18Cl3N3O. The SMILES string of the molecule is Cl.O=C(NC1(C#Cc2ccc(Cl)c(Cl)c2)CC1)N1CCNCC1. The number of urea groups is 1. The smallest absolute Gasteiger partial charge is 0.318 e. The molecule has 3 rings (SSSR count). The number of rotatable bonds is 1. The second kappa shape index (κ2) is 7.63. The molecule has 0 spiro atoms. The van der Waals surface area contributed by atoms with Gasteiger partial charge in [0.25, 0.3) is 0 Å². The number of carbonyl (C=O) groups excluding carboxylic acids is 1. The van der Waals surface area contributed by atoms with Crippen molar-refractivity contribution in [3.8, 4) is 11.8 Å². The molecule has 1 aromatic rings. The van der Waals surface area contributed by atoms with Gasteiger partial charge in [0.2, 0.25) is 0 Å². The lowest BCUT2D eigenvalue weighted by Crippen LogP contribution is -2.52. The highest BCUT2D eigenvalue weighted by atomic mass is 35.5. The summed E-state index contributed by atoms with van der Waals surface area (Å²) >= 11 is 11.9. The Hall–Kier alpha value is -1.12. The normalized spacial score (nSPS) is 18.3. The number of piperazine rings is 1. The summed E-state index contributed by atoms with van der Waals surface area (Å²) in [7, 11) is 0. The van der Waals surface area contributed by atoms with E-state index in [1.807, 2.05) is 11.0 Å². The molecule has 7 heteroatoms. The lowest BCUT2D eigenvalue weighted by molar-refractivity contribution is 0.187. The molecule has 1 aliphatic heterocycles. The standard InChI is InChI=1S/C16H17Cl2N3O.ClH/c17-13-2-1-12(11-14(13)18)3-4-16(5-6-16)20-15(22)21-9-7-19-8-10-21;/h1-2,11,19H,5-10H2,(H,20,22);1H. The predicted octanol–water partition coefficient (Wildman–Crippen LogP) is 2.91. The zero-order valence-electron chi connectivity index (χ0n) is 12.5. The summed E-state index contributed by atoms with van der Waals surface area (Å²) in [5.74, 6) is 6.26. The van der Waals surface area contributed by atoms with Crippen LogP contribution in [0.4, 0.5) is 4.79 Å². The lowest BCUT2D eigenvalue weighted by Gasteiger charge is -2.28. The first-order chi connectivity index (χ1) is 10.6. The third-order valence-corrected chi connectivity index (χ3v) is 4.61. The summed E-state index contributed by atoms with van der Waals surface area (Å²) in [5.41, 5.74) is 0.422. The summed E-state index contributed by atoms with van der Waals surface area (Å²) in [6.07, 6.45) is 1.78. The van der Waals surface area contributed by atoms with Gasteiger partial charge in [0.15, 0.2) is 0 Å². The van der Waals surface area contributed by atoms with Crippen molar-refractivity contribution in [2.24, 2.45) is 0 Å². The minimum absolute atomic E-state index is 0. The number of halogens is 3. The summed E-state index contributed by atoms with van der Waals surface area (Å²) in [5, 5.41) is 7.29. The average molecular weight is 375 g/mol. The zero-order valence-corrected chi connectivity index (χ0v) is 14.8. The molecular weight excluding hydrogens is 357 g/mol. The molecule has 1 heterocycles. The maximum atomic E-state index is 12.2. The quantitative estimate of drug-likeness (QED) is 0.742. The summed E-state index contributed by atoms with van der Waals surface area (Å²) in [6.45, 7) is 3.16. The van der Waals surface area contributed by atoms with Gasteiger partial charge in [-0.15, -0.1) is 12.4 Å². The molecule has 4 nitrogen and oxygen atoms in total. The van der Waals surface area contributed by atoms with Gasteiger partial charge in [0, 0.05) is 31.7 Å². The molecule has 1 aromatic carbocycles. The van der Waals surface area contributed by atoms with Gasteiger partial charge in [0.1, 0.15) is 5.54 Å². The summed E-state index contributed by atoms with van der Waals surface area (Å²) in [6, 6.07) is 5.27. The van der Waals surface area contributed by atoms with Crippen molar-refractivity contribution in [2.75, 3.05) is 26.2 Å². The molecule has 1 saturated heterocycles. The van der Waals surface area contributed by atoms with E-state index in [1.54, 1.807) is 12.1 Å². The highest BCUT2D eigenvalue weighted by Crippen LogP contribution is 2.35. The maximum Gasteiger partial charge on any atom is 0.318 e. The zero-order chi connectivity index (χ0) is 15.6. The van der Waals surface area contributed by atoms with Gasteiger partial charge in [-0.2, -0.15) is 0 Å². The number of hydrogen-bond donors (Lipinski definition) is 2. The summed E-state index contributed by atoms with van der Waals surface area (Å²) in [4.78, 5) is 14.1. The second-order valence-electron chi connectivity index (χ2n) is 5.63. The van der Waals surface area contributed by atoms with Crippen LogP contribution in [0.3, 0.4) is 0 Å². The van der Waals surface area contributed by atoms with E-state index in [9.17, 15) is 4.79 Å². The molecule has 2 fully saturated rings. The molecule has 2 aliphatic rings. The first-order valence-electron chi connectivity index (χ1n) is 7.34. The van der Waals surface area contributed by atoms with Crippen molar-refractivity contribution in [1.82, 2.24) is 15.5 Å². The number of nitrogens with one attached hydrogen (secondary N) is 2. The molecule has 0 radical (unpaired) electrons. The largest absolute Gasteiger partial charge is 0.322 e.